The van der Waals surface area contributed by atoms with Crippen molar-refractivity contribution >= 4 is 5.91 Å². The van der Waals surface area contributed by atoms with Crippen molar-refractivity contribution in [2.75, 3.05) is 0 Å². The van der Waals surface area contributed by atoms with Crippen LogP contribution in [0.25, 0.3) is 0 Å². The highest BCUT2D eigenvalue weighted by molar-refractivity contribution is 5.76. The minimum Gasteiger partial charge on any atom is -0.349 e. The quantitative estimate of drug-likeness (QED) is 0.0545. The second-order valence-corrected chi connectivity index (χ2v) is 12.8. The predicted octanol–water partition coefficient (Wildman–Crippen LogP) is 11.3. The summed E-state index contributed by atoms with van der Waals surface area (Å²) in [4.78, 5) is 12.1. The van der Waals surface area contributed by atoms with Crippen molar-refractivity contribution in [1.82, 2.24) is 5.32 Å². The maximum absolute atomic E-state index is 12.1. The number of carbonyl (C=O) groups is 1. The van der Waals surface area contributed by atoms with E-state index in [0.29, 0.717) is 6.42 Å². The molecule has 0 aromatic carbocycles. The van der Waals surface area contributed by atoms with Gasteiger partial charge < -0.3 is 15.5 Å². The average Bonchev–Trinajstić information content (AvgIpc) is 2.92. The van der Waals surface area contributed by atoms with E-state index in [9.17, 15) is 15.0 Å². The molecule has 0 fully saturated rings. The molecular formula is C36H73NO3. The van der Waals surface area contributed by atoms with Crippen LogP contribution in [0.2, 0.25) is 0 Å². The lowest BCUT2D eigenvalue weighted by molar-refractivity contribution is -0.194. The molecule has 0 saturated carbocycles. The zero-order valence-corrected chi connectivity index (χ0v) is 27.4. The molecule has 0 heterocycles. The van der Waals surface area contributed by atoms with E-state index in [1.54, 1.807) is 0 Å². The highest BCUT2D eigenvalue weighted by Crippen LogP contribution is 2.16. The van der Waals surface area contributed by atoms with Crippen molar-refractivity contribution in [3.63, 3.8) is 0 Å². The molecule has 0 atom stereocenters. The molecule has 3 N–H and O–H groups in total. The summed E-state index contributed by atoms with van der Waals surface area (Å²) in [6.45, 7) is 4.55. The molecule has 1 amide bonds. The number of unbranched alkanes of at least 4 members (excludes halogenated alkanes) is 28. The molecule has 0 aromatic heterocycles. The van der Waals surface area contributed by atoms with Crippen molar-refractivity contribution in [2.24, 2.45) is 0 Å². The molecule has 240 valence electrons. The lowest BCUT2D eigenvalue weighted by Crippen LogP contribution is -2.48. The topological polar surface area (TPSA) is 69.6 Å². The second kappa shape index (κ2) is 31.3. The Kier molecular flexibility index (Phi) is 30.9. The summed E-state index contributed by atoms with van der Waals surface area (Å²) in [6, 6.07) is 0. The molecule has 40 heavy (non-hydrogen) atoms. The van der Waals surface area contributed by atoms with Crippen LogP contribution in [0.1, 0.15) is 219 Å². The van der Waals surface area contributed by atoms with Gasteiger partial charge in [-0.25, -0.2) is 0 Å². The highest BCUT2D eigenvalue weighted by atomic mass is 16.5. The van der Waals surface area contributed by atoms with Crippen molar-refractivity contribution in [2.45, 2.75) is 225 Å². The largest absolute Gasteiger partial charge is 0.349 e. The Hall–Kier alpha value is -0.610. The number of amides is 1. The Morgan fingerprint density at radius 3 is 0.975 bits per heavy atom. The third-order valence-corrected chi connectivity index (χ3v) is 8.48. The van der Waals surface area contributed by atoms with Crippen LogP contribution < -0.4 is 5.32 Å². The normalized spacial score (nSPS) is 11.8. The van der Waals surface area contributed by atoms with Crippen LogP contribution in [-0.2, 0) is 4.79 Å². The van der Waals surface area contributed by atoms with Gasteiger partial charge in [-0.3, -0.25) is 4.79 Å². The van der Waals surface area contributed by atoms with Gasteiger partial charge in [-0.2, -0.15) is 0 Å². The van der Waals surface area contributed by atoms with E-state index in [-0.39, 0.29) is 12.3 Å². The number of hydrogen-bond donors (Lipinski definition) is 3. The number of aliphatic hydroxyl groups is 2. The molecule has 0 unspecified atom stereocenters. The van der Waals surface area contributed by atoms with Crippen LogP contribution in [0.15, 0.2) is 0 Å². The molecule has 0 spiro atoms. The predicted molar refractivity (Wildman–Crippen MR) is 174 cm³/mol. The summed E-state index contributed by atoms with van der Waals surface area (Å²) in [7, 11) is 0. The summed E-state index contributed by atoms with van der Waals surface area (Å²) >= 11 is 0. The van der Waals surface area contributed by atoms with Gasteiger partial charge in [-0.1, -0.05) is 194 Å². The monoisotopic (exact) mass is 568 g/mol. The van der Waals surface area contributed by atoms with Crippen LogP contribution in [0.3, 0.4) is 0 Å². The zero-order valence-electron chi connectivity index (χ0n) is 27.4. The summed E-state index contributed by atoms with van der Waals surface area (Å²) < 4.78 is 0. The van der Waals surface area contributed by atoms with Gasteiger partial charge >= 0.3 is 0 Å². The lowest BCUT2D eigenvalue weighted by atomic mass is 10.0. The molecule has 0 aliphatic rings. The van der Waals surface area contributed by atoms with E-state index in [1.807, 2.05) is 0 Å². The molecule has 4 nitrogen and oxygen atoms in total. The SMILES string of the molecule is CCCCCCCCCCCCCCCCCC(=O)NC(O)(O)CCCCCCCCCCCCCCCCC. The first-order chi connectivity index (χ1) is 19.5. The van der Waals surface area contributed by atoms with Crippen LogP contribution in [0.5, 0.6) is 0 Å². The third-order valence-electron chi connectivity index (χ3n) is 8.48. The van der Waals surface area contributed by atoms with Crippen LogP contribution in [0, 0.1) is 0 Å². The summed E-state index contributed by atoms with van der Waals surface area (Å²) in [5, 5.41) is 22.7. The molecule has 0 aliphatic carbocycles. The number of hydrogen-bond acceptors (Lipinski definition) is 3. The van der Waals surface area contributed by atoms with Gasteiger partial charge in [0, 0.05) is 12.8 Å². The first kappa shape index (κ1) is 39.4. The molecule has 4 heteroatoms. The van der Waals surface area contributed by atoms with Crippen molar-refractivity contribution < 1.29 is 15.0 Å². The Morgan fingerprint density at radius 2 is 0.675 bits per heavy atom. The fourth-order valence-electron chi connectivity index (χ4n) is 5.75. The van der Waals surface area contributed by atoms with Crippen molar-refractivity contribution in [3.8, 4) is 0 Å². The molecular weight excluding hydrogens is 494 g/mol. The van der Waals surface area contributed by atoms with E-state index in [2.05, 4.69) is 19.2 Å². The van der Waals surface area contributed by atoms with Gasteiger partial charge in [0.2, 0.25) is 11.8 Å². The van der Waals surface area contributed by atoms with Crippen molar-refractivity contribution in [1.29, 1.82) is 0 Å². The van der Waals surface area contributed by atoms with Gasteiger partial charge in [0.1, 0.15) is 0 Å². The Labute approximate surface area is 251 Å². The smallest absolute Gasteiger partial charge is 0.246 e. The first-order valence-corrected chi connectivity index (χ1v) is 18.3. The van der Waals surface area contributed by atoms with Crippen LogP contribution in [-0.4, -0.2) is 22.0 Å². The Bertz CT molecular complexity index is 508. The van der Waals surface area contributed by atoms with Crippen LogP contribution >= 0.6 is 0 Å². The Balaban J connectivity index is 3.40. The highest BCUT2D eigenvalue weighted by Gasteiger charge is 2.24. The van der Waals surface area contributed by atoms with Gasteiger partial charge in [0.25, 0.3) is 0 Å². The molecule has 0 rings (SSSR count). The zero-order chi connectivity index (χ0) is 29.4. The fourth-order valence-corrected chi connectivity index (χ4v) is 5.75. The van der Waals surface area contributed by atoms with Gasteiger partial charge in [0.15, 0.2) is 0 Å². The minimum absolute atomic E-state index is 0.218. The Morgan fingerprint density at radius 1 is 0.425 bits per heavy atom. The van der Waals surface area contributed by atoms with E-state index in [0.717, 1.165) is 32.1 Å². The third kappa shape index (κ3) is 31.9. The maximum Gasteiger partial charge on any atom is 0.246 e. The summed E-state index contributed by atoms with van der Waals surface area (Å²) in [6.07, 6.45) is 39.3. The van der Waals surface area contributed by atoms with Gasteiger partial charge in [-0.05, 0) is 12.8 Å². The van der Waals surface area contributed by atoms with E-state index >= 15 is 0 Å². The molecule has 0 radical (unpaired) electrons. The van der Waals surface area contributed by atoms with Gasteiger partial charge in [-0.15, -0.1) is 0 Å². The lowest BCUT2D eigenvalue weighted by Gasteiger charge is -2.23. The number of carbonyl (C=O) groups excluding carboxylic acids is 1. The maximum atomic E-state index is 12.1. The first-order valence-electron chi connectivity index (χ1n) is 18.3. The fraction of sp³-hybridized carbons (Fsp3) is 0.972. The second-order valence-electron chi connectivity index (χ2n) is 12.8. The van der Waals surface area contributed by atoms with E-state index in [4.69, 9.17) is 0 Å². The molecule has 0 aliphatic heterocycles. The van der Waals surface area contributed by atoms with E-state index < -0.39 is 5.91 Å². The molecule has 0 bridgehead atoms. The van der Waals surface area contributed by atoms with Gasteiger partial charge in [0.05, 0.1) is 0 Å². The standard InChI is InChI=1S/C36H73NO3/c1-3-5-7-9-11-13-15-17-19-21-23-25-27-29-31-33-35(38)37-36(39,40)34-32-30-28-26-24-22-20-18-16-14-12-10-8-6-4-2/h39-40H,3-34H2,1-2H3,(H,37,38). The van der Waals surface area contributed by atoms with E-state index in [1.165, 1.54) is 161 Å². The summed E-state index contributed by atoms with van der Waals surface area (Å²) in [5.74, 6) is -2.29. The number of rotatable bonds is 33. The molecule has 0 aromatic rings. The molecule has 0 saturated heterocycles. The van der Waals surface area contributed by atoms with Crippen LogP contribution in [0.4, 0.5) is 0 Å². The van der Waals surface area contributed by atoms with Crippen molar-refractivity contribution in [3.05, 3.63) is 0 Å². The number of nitrogens with one attached hydrogen (secondary N) is 1. The minimum atomic E-state index is -2.05. The summed E-state index contributed by atoms with van der Waals surface area (Å²) in [5.41, 5.74) is 0. The average molecular weight is 568 g/mol.